The number of nitrogens with zero attached hydrogens (tertiary/aromatic N) is 1. The zero-order valence-electron chi connectivity index (χ0n) is 7.70. The van der Waals surface area contributed by atoms with E-state index in [2.05, 4.69) is 15.9 Å². The van der Waals surface area contributed by atoms with Crippen molar-refractivity contribution in [2.24, 2.45) is 0 Å². The van der Waals surface area contributed by atoms with Crippen molar-refractivity contribution >= 4 is 26.7 Å². The van der Waals surface area contributed by atoms with E-state index in [1.165, 1.54) is 0 Å². The Kier molecular flexibility index (Phi) is 2.37. The summed E-state index contributed by atoms with van der Waals surface area (Å²) in [6.45, 7) is 0. The maximum Gasteiger partial charge on any atom is 0.199 e. The Hall–Kier alpha value is -1.16. The van der Waals surface area contributed by atoms with Crippen molar-refractivity contribution in [3.8, 4) is 11.6 Å². The summed E-state index contributed by atoms with van der Waals surface area (Å²) in [4.78, 5) is 0. The lowest BCUT2D eigenvalue weighted by Gasteiger charge is -1.99. The lowest BCUT2D eigenvalue weighted by Crippen LogP contribution is -1.85. The predicted octanol–water partition coefficient (Wildman–Crippen LogP) is 2.71. The summed E-state index contributed by atoms with van der Waals surface area (Å²) in [5, 5.41) is 11.6. The topological polar surface area (TPSA) is 34.4 Å². The highest BCUT2D eigenvalue weighted by atomic mass is 79.9. The van der Waals surface area contributed by atoms with Crippen LogP contribution in [0.2, 0.25) is 0 Å². The summed E-state index contributed by atoms with van der Waals surface area (Å²) in [6, 6.07) is 5.62. The van der Waals surface area contributed by atoms with Gasteiger partial charge in [0.2, 0.25) is 0 Å². The molecule has 1 aromatic carbocycles. The van der Waals surface area contributed by atoms with Gasteiger partial charge in [0.05, 0.1) is 12.6 Å². The number of rotatable bonds is 2. The highest BCUT2D eigenvalue weighted by Gasteiger charge is 2.07. The van der Waals surface area contributed by atoms with Crippen molar-refractivity contribution in [3.63, 3.8) is 0 Å². The molecule has 0 atom stereocenters. The van der Waals surface area contributed by atoms with E-state index in [1.54, 1.807) is 11.7 Å². The summed E-state index contributed by atoms with van der Waals surface area (Å²) in [5.41, 5.74) is 0.579. The molecule has 0 amide bonds. The fraction of sp³-hybridized carbons (Fsp3) is 0.200. The van der Waals surface area contributed by atoms with E-state index in [0.29, 0.717) is 5.45 Å². The van der Waals surface area contributed by atoms with Crippen LogP contribution < -0.4 is 4.74 Å². The Bertz CT molecular complexity index is 464. The van der Waals surface area contributed by atoms with Gasteiger partial charge >= 0.3 is 0 Å². The Morgan fingerprint density at radius 3 is 2.93 bits per heavy atom. The zero-order valence-corrected chi connectivity index (χ0v) is 9.28. The van der Waals surface area contributed by atoms with Crippen molar-refractivity contribution < 1.29 is 9.84 Å². The molecule has 3 nitrogen and oxygen atoms in total. The molecule has 0 spiro atoms. The normalized spacial score (nSPS) is 10.7. The third kappa shape index (κ3) is 1.35. The first-order valence-corrected chi connectivity index (χ1v) is 5.30. The zero-order chi connectivity index (χ0) is 10.1. The van der Waals surface area contributed by atoms with Crippen LogP contribution in [0.4, 0.5) is 0 Å². The molecule has 1 heterocycles. The molecule has 2 aromatic rings. The predicted molar refractivity (Wildman–Crippen MR) is 59.1 cm³/mol. The second-order valence-electron chi connectivity index (χ2n) is 3.00. The minimum Gasteiger partial charge on any atom is -0.497 e. The van der Waals surface area contributed by atoms with Crippen molar-refractivity contribution in [2.75, 3.05) is 7.11 Å². The van der Waals surface area contributed by atoms with E-state index < -0.39 is 0 Å². The Morgan fingerprint density at radius 1 is 1.50 bits per heavy atom. The molecule has 0 unspecified atom stereocenters. The second kappa shape index (κ2) is 3.53. The fourth-order valence-electron chi connectivity index (χ4n) is 1.44. The standard InChI is InChI=1S/C10H10BrNO2/c1-14-8-3-2-7-5-12(6-11)10(13)9(7)4-8/h2-5,13H,6H2,1H3. The van der Waals surface area contributed by atoms with Crippen LogP contribution in [0.3, 0.4) is 0 Å². The minimum atomic E-state index is 0.260. The van der Waals surface area contributed by atoms with Gasteiger partial charge in [0.15, 0.2) is 5.88 Å². The van der Waals surface area contributed by atoms with Gasteiger partial charge in [-0.1, -0.05) is 15.9 Å². The molecule has 0 aliphatic rings. The van der Waals surface area contributed by atoms with Gasteiger partial charge < -0.3 is 14.4 Å². The smallest absolute Gasteiger partial charge is 0.199 e. The van der Waals surface area contributed by atoms with Crippen LogP contribution in [0.5, 0.6) is 11.6 Å². The number of aromatic hydroxyl groups is 1. The lowest BCUT2D eigenvalue weighted by molar-refractivity contribution is 0.414. The van der Waals surface area contributed by atoms with Crippen molar-refractivity contribution in [2.45, 2.75) is 5.45 Å². The Balaban J connectivity index is 2.68. The van der Waals surface area contributed by atoms with Gasteiger partial charge in [0.25, 0.3) is 0 Å². The number of fused-ring (bicyclic) bond motifs is 1. The summed E-state index contributed by atoms with van der Waals surface area (Å²) >= 11 is 3.29. The van der Waals surface area contributed by atoms with Gasteiger partial charge in [0, 0.05) is 17.0 Å². The van der Waals surface area contributed by atoms with Gasteiger partial charge in [0.1, 0.15) is 5.75 Å². The molecule has 0 saturated carbocycles. The van der Waals surface area contributed by atoms with Crippen LogP contribution in [0.15, 0.2) is 24.4 Å². The molecule has 4 heteroatoms. The minimum absolute atomic E-state index is 0.260. The first-order valence-electron chi connectivity index (χ1n) is 4.18. The van der Waals surface area contributed by atoms with E-state index in [9.17, 15) is 5.11 Å². The first kappa shape index (κ1) is 9.40. The second-order valence-corrected chi connectivity index (χ2v) is 3.50. The van der Waals surface area contributed by atoms with Crippen LogP contribution in [-0.2, 0) is 5.45 Å². The molecule has 14 heavy (non-hydrogen) atoms. The average molecular weight is 256 g/mol. The molecule has 74 valence electrons. The van der Waals surface area contributed by atoms with Gasteiger partial charge in [-0.3, -0.25) is 0 Å². The number of halogens is 1. The van der Waals surface area contributed by atoms with E-state index in [0.717, 1.165) is 16.5 Å². The highest BCUT2D eigenvalue weighted by molar-refractivity contribution is 9.08. The maximum atomic E-state index is 9.79. The van der Waals surface area contributed by atoms with Gasteiger partial charge in [-0.2, -0.15) is 0 Å². The number of alkyl halides is 1. The van der Waals surface area contributed by atoms with Crippen molar-refractivity contribution in [1.82, 2.24) is 4.57 Å². The number of ether oxygens (including phenoxy) is 1. The summed E-state index contributed by atoms with van der Waals surface area (Å²) in [6.07, 6.45) is 1.89. The van der Waals surface area contributed by atoms with Gasteiger partial charge in [-0.15, -0.1) is 0 Å². The van der Waals surface area contributed by atoms with E-state index in [-0.39, 0.29) is 5.88 Å². The summed E-state index contributed by atoms with van der Waals surface area (Å²) in [7, 11) is 1.61. The molecule has 0 radical (unpaired) electrons. The molecule has 0 fully saturated rings. The average Bonchev–Trinajstić information content (AvgIpc) is 2.55. The largest absolute Gasteiger partial charge is 0.497 e. The van der Waals surface area contributed by atoms with Gasteiger partial charge in [-0.05, 0) is 18.2 Å². The Morgan fingerprint density at radius 2 is 2.29 bits per heavy atom. The summed E-state index contributed by atoms with van der Waals surface area (Å²) in [5.74, 6) is 1.01. The number of benzene rings is 1. The number of methoxy groups -OCH3 is 1. The van der Waals surface area contributed by atoms with E-state index >= 15 is 0 Å². The maximum absolute atomic E-state index is 9.79. The van der Waals surface area contributed by atoms with Crippen LogP contribution in [0.25, 0.3) is 10.8 Å². The van der Waals surface area contributed by atoms with Crippen LogP contribution >= 0.6 is 15.9 Å². The van der Waals surface area contributed by atoms with Crippen molar-refractivity contribution in [3.05, 3.63) is 24.4 Å². The molecular formula is C10H10BrNO2. The number of aromatic nitrogens is 1. The monoisotopic (exact) mass is 255 g/mol. The van der Waals surface area contributed by atoms with Crippen molar-refractivity contribution in [1.29, 1.82) is 0 Å². The van der Waals surface area contributed by atoms with Gasteiger partial charge in [-0.25, -0.2) is 0 Å². The molecule has 0 saturated heterocycles. The third-order valence-corrected chi connectivity index (χ3v) is 2.74. The number of hydrogen-bond acceptors (Lipinski definition) is 2. The molecule has 0 aliphatic carbocycles. The molecule has 0 bridgehead atoms. The summed E-state index contributed by atoms with van der Waals surface area (Å²) < 4.78 is 6.81. The van der Waals surface area contributed by atoms with Crippen LogP contribution in [-0.4, -0.2) is 16.8 Å². The SMILES string of the molecule is COc1ccc2cn(CBr)c(O)c2c1. The molecular weight excluding hydrogens is 246 g/mol. The van der Waals surface area contributed by atoms with Crippen LogP contribution in [0, 0.1) is 0 Å². The number of hydrogen-bond donors (Lipinski definition) is 1. The molecule has 0 aliphatic heterocycles. The fourth-order valence-corrected chi connectivity index (χ4v) is 1.83. The third-order valence-electron chi connectivity index (χ3n) is 2.20. The first-order chi connectivity index (χ1) is 6.76. The molecule has 2 rings (SSSR count). The lowest BCUT2D eigenvalue weighted by atomic mass is 10.2. The molecule has 1 N–H and O–H groups in total. The Labute approximate surface area is 90.0 Å². The quantitative estimate of drug-likeness (QED) is 0.838. The van der Waals surface area contributed by atoms with E-state index in [4.69, 9.17) is 4.74 Å². The van der Waals surface area contributed by atoms with Crippen LogP contribution in [0.1, 0.15) is 0 Å². The van der Waals surface area contributed by atoms with E-state index in [1.807, 2.05) is 24.4 Å². The highest BCUT2D eigenvalue weighted by Crippen LogP contribution is 2.30. The molecule has 1 aromatic heterocycles.